The number of fused-ring (bicyclic) bond motifs is 1. The van der Waals surface area contributed by atoms with Gasteiger partial charge in [-0.25, -0.2) is 4.79 Å². The monoisotopic (exact) mass is 588 g/mol. The summed E-state index contributed by atoms with van der Waals surface area (Å²) >= 11 is 5.89. The van der Waals surface area contributed by atoms with Crippen molar-refractivity contribution in [1.29, 1.82) is 0 Å². The van der Waals surface area contributed by atoms with E-state index in [1.807, 2.05) is 0 Å². The molecule has 0 bridgehead atoms. The van der Waals surface area contributed by atoms with Gasteiger partial charge in [0.2, 0.25) is 0 Å². The van der Waals surface area contributed by atoms with Gasteiger partial charge < -0.3 is 25.0 Å². The highest BCUT2D eigenvalue weighted by atomic mass is 35.5. The molecule has 5 rings (SSSR count). The first-order valence-electron chi connectivity index (χ1n) is 13.1. The SMILES string of the molecule is O=C(Nc1ccccc1OCC(O)CN1CCC(n2c(=O)[nH]c3cc(C(F)(F)F)ccc32)CC1)c1ccc(Cl)cc1. The first-order valence-corrected chi connectivity index (χ1v) is 13.5. The fourth-order valence-corrected chi connectivity index (χ4v) is 5.18. The Morgan fingerprint density at radius 1 is 1.10 bits per heavy atom. The number of anilines is 1. The lowest BCUT2D eigenvalue weighted by molar-refractivity contribution is -0.137. The number of piperidine rings is 1. The van der Waals surface area contributed by atoms with Crippen LogP contribution in [0, 0.1) is 0 Å². The number of amides is 1. The van der Waals surface area contributed by atoms with Crippen molar-refractivity contribution in [2.45, 2.75) is 31.2 Å². The highest BCUT2D eigenvalue weighted by molar-refractivity contribution is 6.30. The van der Waals surface area contributed by atoms with Crippen LogP contribution >= 0.6 is 11.6 Å². The number of likely N-dealkylation sites (tertiary alicyclic amines) is 1. The van der Waals surface area contributed by atoms with Crippen molar-refractivity contribution in [2.75, 3.05) is 31.6 Å². The summed E-state index contributed by atoms with van der Waals surface area (Å²) in [7, 11) is 0. The van der Waals surface area contributed by atoms with E-state index in [0.29, 0.717) is 60.0 Å². The summed E-state index contributed by atoms with van der Waals surface area (Å²) in [4.78, 5) is 29.8. The van der Waals surface area contributed by atoms with E-state index in [2.05, 4.69) is 15.2 Å². The Hall–Kier alpha value is -3.80. The van der Waals surface area contributed by atoms with Gasteiger partial charge in [0.1, 0.15) is 18.5 Å². The smallest absolute Gasteiger partial charge is 0.416 e. The molecule has 8 nitrogen and oxygen atoms in total. The molecule has 3 aromatic carbocycles. The number of β-amino-alcohol motifs (C(OH)–C–C–N with tert-alkyl or cyclic N) is 1. The zero-order valence-electron chi connectivity index (χ0n) is 21.8. The molecule has 0 radical (unpaired) electrons. The van der Waals surface area contributed by atoms with Gasteiger partial charge in [-0.15, -0.1) is 0 Å². The Kier molecular flexibility index (Phi) is 8.39. The lowest BCUT2D eigenvalue weighted by atomic mass is 10.0. The van der Waals surface area contributed by atoms with Gasteiger partial charge in [-0.05, 0) is 67.4 Å². The maximum absolute atomic E-state index is 13.1. The molecule has 1 aliphatic heterocycles. The van der Waals surface area contributed by atoms with Gasteiger partial charge in [-0.3, -0.25) is 9.36 Å². The third kappa shape index (κ3) is 6.75. The van der Waals surface area contributed by atoms with E-state index < -0.39 is 23.5 Å². The van der Waals surface area contributed by atoms with Crippen LogP contribution in [-0.2, 0) is 6.18 Å². The van der Waals surface area contributed by atoms with Crippen molar-refractivity contribution in [3.8, 4) is 5.75 Å². The fourth-order valence-electron chi connectivity index (χ4n) is 5.06. The number of imidazole rings is 1. The summed E-state index contributed by atoms with van der Waals surface area (Å²) in [6.07, 6.45) is -4.11. The average molecular weight is 589 g/mol. The number of para-hydroxylation sites is 2. The summed E-state index contributed by atoms with van der Waals surface area (Å²) in [6, 6.07) is 16.5. The number of rotatable bonds is 8. The normalized spacial score (nSPS) is 15.6. The van der Waals surface area contributed by atoms with Crippen molar-refractivity contribution in [2.24, 2.45) is 0 Å². The summed E-state index contributed by atoms with van der Waals surface area (Å²) in [5, 5.41) is 14.0. The molecule has 1 atom stereocenters. The number of halogens is 4. The maximum atomic E-state index is 13.1. The third-order valence-corrected chi connectivity index (χ3v) is 7.36. The minimum absolute atomic E-state index is 0.00278. The number of ether oxygens (including phenoxy) is 1. The van der Waals surface area contributed by atoms with E-state index in [1.54, 1.807) is 48.5 Å². The van der Waals surface area contributed by atoms with Crippen LogP contribution in [0.15, 0.2) is 71.5 Å². The number of alkyl halides is 3. The number of hydrogen-bond acceptors (Lipinski definition) is 5. The quantitative estimate of drug-likeness (QED) is 0.258. The first-order chi connectivity index (χ1) is 19.6. The van der Waals surface area contributed by atoms with Gasteiger partial charge in [0.15, 0.2) is 0 Å². The van der Waals surface area contributed by atoms with Gasteiger partial charge in [0, 0.05) is 36.3 Å². The highest BCUT2D eigenvalue weighted by Crippen LogP contribution is 2.32. The zero-order chi connectivity index (χ0) is 29.1. The van der Waals surface area contributed by atoms with Gasteiger partial charge >= 0.3 is 11.9 Å². The van der Waals surface area contributed by atoms with Crippen LogP contribution in [0.1, 0.15) is 34.8 Å². The summed E-state index contributed by atoms with van der Waals surface area (Å²) < 4.78 is 46.6. The predicted molar refractivity (Wildman–Crippen MR) is 150 cm³/mol. The van der Waals surface area contributed by atoms with Crippen molar-refractivity contribution < 1.29 is 27.8 Å². The minimum Gasteiger partial charge on any atom is -0.489 e. The van der Waals surface area contributed by atoms with Crippen LogP contribution in [0.3, 0.4) is 0 Å². The standard InChI is InChI=1S/C29H28ClF3N4O4/c30-20-8-5-18(6-9-20)27(39)34-23-3-1-2-4-26(23)41-17-22(38)16-36-13-11-21(12-14-36)37-25-10-7-19(29(31,32)33)15-24(25)35-28(37)40/h1-10,15,21-22,38H,11-14,16-17H2,(H,34,39)(H,35,40). The Bertz CT molecular complexity index is 1580. The minimum atomic E-state index is -4.49. The number of hydrogen-bond donors (Lipinski definition) is 3. The van der Waals surface area contributed by atoms with Gasteiger partial charge in [0.05, 0.1) is 22.3 Å². The van der Waals surface area contributed by atoms with Crippen LogP contribution in [0.25, 0.3) is 11.0 Å². The van der Waals surface area contributed by atoms with Crippen LogP contribution in [0.5, 0.6) is 5.75 Å². The Labute approximate surface area is 238 Å². The summed E-state index contributed by atoms with van der Waals surface area (Å²) in [6.45, 7) is 1.52. The second-order valence-corrected chi connectivity index (χ2v) is 10.4. The number of benzene rings is 3. The van der Waals surface area contributed by atoms with E-state index in [4.69, 9.17) is 16.3 Å². The van der Waals surface area contributed by atoms with Gasteiger partial charge in [-0.1, -0.05) is 23.7 Å². The topological polar surface area (TPSA) is 99.6 Å². The van der Waals surface area contributed by atoms with E-state index in [9.17, 15) is 27.9 Å². The molecule has 1 aromatic heterocycles. The zero-order valence-corrected chi connectivity index (χ0v) is 22.6. The number of aromatic nitrogens is 2. The van der Waals surface area contributed by atoms with Crippen molar-refractivity contribution in [3.63, 3.8) is 0 Å². The number of carbonyl (C=O) groups excluding carboxylic acids is 1. The maximum Gasteiger partial charge on any atom is 0.416 e. The van der Waals surface area contributed by atoms with Gasteiger partial charge in [0.25, 0.3) is 5.91 Å². The lowest BCUT2D eigenvalue weighted by Gasteiger charge is -2.33. The Balaban J connectivity index is 1.14. The Morgan fingerprint density at radius 3 is 2.51 bits per heavy atom. The number of nitrogens with zero attached hydrogens (tertiary/aromatic N) is 2. The molecule has 216 valence electrons. The van der Waals surface area contributed by atoms with Crippen molar-refractivity contribution >= 4 is 34.2 Å². The number of carbonyl (C=O) groups is 1. The molecular weight excluding hydrogens is 561 g/mol. The molecule has 2 heterocycles. The molecule has 4 aromatic rings. The molecular formula is C29H28ClF3N4O4. The Morgan fingerprint density at radius 2 is 1.80 bits per heavy atom. The second kappa shape index (κ2) is 12.0. The molecule has 1 saturated heterocycles. The molecule has 1 fully saturated rings. The number of H-pyrrole nitrogens is 1. The largest absolute Gasteiger partial charge is 0.489 e. The van der Waals surface area contributed by atoms with E-state index in [-0.39, 0.29) is 24.1 Å². The van der Waals surface area contributed by atoms with Crippen molar-refractivity contribution in [1.82, 2.24) is 14.5 Å². The molecule has 41 heavy (non-hydrogen) atoms. The highest BCUT2D eigenvalue weighted by Gasteiger charge is 2.31. The molecule has 0 spiro atoms. The number of aromatic amines is 1. The van der Waals surface area contributed by atoms with E-state index >= 15 is 0 Å². The number of aliphatic hydroxyl groups is 1. The van der Waals surface area contributed by atoms with E-state index in [1.165, 1.54) is 10.6 Å². The summed E-state index contributed by atoms with van der Waals surface area (Å²) in [5.74, 6) is 0.0937. The second-order valence-electron chi connectivity index (χ2n) is 9.98. The molecule has 1 unspecified atom stereocenters. The molecule has 12 heteroatoms. The number of nitrogens with one attached hydrogen (secondary N) is 2. The fraction of sp³-hybridized carbons (Fsp3) is 0.310. The third-order valence-electron chi connectivity index (χ3n) is 7.11. The number of aliphatic hydroxyl groups excluding tert-OH is 1. The molecule has 0 aliphatic carbocycles. The van der Waals surface area contributed by atoms with Crippen LogP contribution < -0.4 is 15.7 Å². The van der Waals surface area contributed by atoms with Crippen molar-refractivity contribution in [3.05, 3.63) is 93.4 Å². The summed E-state index contributed by atoms with van der Waals surface area (Å²) in [5.41, 5.74) is 0.255. The van der Waals surface area contributed by atoms with Crippen LogP contribution in [0.2, 0.25) is 5.02 Å². The van der Waals surface area contributed by atoms with Crippen LogP contribution in [0.4, 0.5) is 18.9 Å². The van der Waals surface area contributed by atoms with Crippen LogP contribution in [-0.4, -0.2) is 57.8 Å². The first kappa shape index (κ1) is 28.7. The molecule has 1 amide bonds. The average Bonchev–Trinajstić information content (AvgIpc) is 3.28. The molecule has 0 saturated carbocycles. The van der Waals surface area contributed by atoms with Gasteiger partial charge in [-0.2, -0.15) is 13.2 Å². The molecule has 3 N–H and O–H groups in total. The van der Waals surface area contributed by atoms with E-state index in [0.717, 1.165) is 12.1 Å². The molecule has 1 aliphatic rings. The predicted octanol–water partition coefficient (Wildman–Crippen LogP) is 5.33. The lowest BCUT2D eigenvalue weighted by Crippen LogP contribution is -2.42.